The summed E-state index contributed by atoms with van der Waals surface area (Å²) in [5.74, 6) is 0.978. The largest absolute Gasteiger partial charge is 0.493 e. The standard InChI is InChI=1S/C17H20ClNO5S/c1-19(25(21,22)17-7-5-4-6-13(17)18)11-14(20)12-8-9-15(23-2)16(10-12)24-3/h4-10,14,20H,11H2,1-3H3. The fourth-order valence-electron chi connectivity index (χ4n) is 2.33. The zero-order chi connectivity index (χ0) is 18.6. The van der Waals surface area contributed by atoms with E-state index in [-0.39, 0.29) is 16.5 Å². The van der Waals surface area contributed by atoms with Crippen molar-refractivity contribution in [3.8, 4) is 11.5 Å². The zero-order valence-corrected chi connectivity index (χ0v) is 15.7. The third-order valence-electron chi connectivity index (χ3n) is 3.75. The summed E-state index contributed by atoms with van der Waals surface area (Å²) < 4.78 is 36.7. The Bertz CT molecular complexity index is 841. The average Bonchev–Trinajstić information content (AvgIpc) is 2.61. The number of aliphatic hydroxyl groups excluding tert-OH is 1. The Morgan fingerprint density at radius 3 is 2.36 bits per heavy atom. The molecule has 0 saturated heterocycles. The van der Waals surface area contributed by atoms with Crippen LogP contribution in [0, 0.1) is 0 Å². The Hall–Kier alpha value is -1.80. The van der Waals surface area contributed by atoms with Crippen LogP contribution in [-0.4, -0.2) is 45.6 Å². The van der Waals surface area contributed by atoms with E-state index >= 15 is 0 Å². The molecule has 0 fully saturated rings. The van der Waals surface area contributed by atoms with Crippen LogP contribution in [0.5, 0.6) is 11.5 Å². The summed E-state index contributed by atoms with van der Waals surface area (Å²) in [5, 5.41) is 10.6. The van der Waals surface area contributed by atoms with Gasteiger partial charge < -0.3 is 14.6 Å². The lowest BCUT2D eigenvalue weighted by Gasteiger charge is -2.22. The summed E-state index contributed by atoms with van der Waals surface area (Å²) in [6, 6.07) is 11.1. The molecule has 1 atom stereocenters. The van der Waals surface area contributed by atoms with Crippen molar-refractivity contribution in [2.45, 2.75) is 11.0 Å². The molecule has 0 saturated carbocycles. The molecule has 1 unspecified atom stereocenters. The molecule has 0 radical (unpaired) electrons. The normalized spacial score (nSPS) is 12.9. The number of hydrogen-bond donors (Lipinski definition) is 1. The second-order valence-corrected chi connectivity index (χ2v) is 7.77. The van der Waals surface area contributed by atoms with E-state index in [1.54, 1.807) is 30.3 Å². The molecular formula is C17H20ClNO5S. The van der Waals surface area contributed by atoms with Crippen molar-refractivity contribution in [2.75, 3.05) is 27.8 Å². The molecule has 0 aliphatic carbocycles. The Balaban J connectivity index is 2.22. The first-order valence-corrected chi connectivity index (χ1v) is 9.24. The van der Waals surface area contributed by atoms with E-state index in [4.69, 9.17) is 21.1 Å². The van der Waals surface area contributed by atoms with Gasteiger partial charge in [-0.25, -0.2) is 8.42 Å². The molecule has 6 nitrogen and oxygen atoms in total. The van der Waals surface area contributed by atoms with Gasteiger partial charge in [0.2, 0.25) is 10.0 Å². The zero-order valence-electron chi connectivity index (χ0n) is 14.1. The lowest BCUT2D eigenvalue weighted by molar-refractivity contribution is 0.154. The highest BCUT2D eigenvalue weighted by Crippen LogP contribution is 2.31. The number of ether oxygens (including phenoxy) is 2. The van der Waals surface area contributed by atoms with Crippen LogP contribution in [0.1, 0.15) is 11.7 Å². The van der Waals surface area contributed by atoms with Gasteiger partial charge in [-0.1, -0.05) is 29.8 Å². The summed E-state index contributed by atoms with van der Waals surface area (Å²) >= 11 is 5.98. The maximum Gasteiger partial charge on any atom is 0.244 e. The van der Waals surface area contributed by atoms with Gasteiger partial charge in [0.1, 0.15) is 4.90 Å². The number of halogens is 1. The van der Waals surface area contributed by atoms with E-state index in [0.29, 0.717) is 17.1 Å². The first kappa shape index (κ1) is 19.5. The Labute approximate surface area is 152 Å². The van der Waals surface area contributed by atoms with Crippen LogP contribution < -0.4 is 9.47 Å². The fraction of sp³-hybridized carbons (Fsp3) is 0.294. The molecule has 25 heavy (non-hydrogen) atoms. The molecule has 0 bridgehead atoms. The summed E-state index contributed by atoms with van der Waals surface area (Å²) in [5.41, 5.74) is 0.513. The number of methoxy groups -OCH3 is 2. The molecule has 0 amide bonds. The number of likely N-dealkylation sites (N-methyl/N-ethyl adjacent to an activating group) is 1. The van der Waals surface area contributed by atoms with Gasteiger partial charge in [-0.2, -0.15) is 4.31 Å². The SMILES string of the molecule is COc1ccc(C(O)CN(C)S(=O)(=O)c2ccccc2Cl)cc1OC. The minimum atomic E-state index is -3.82. The van der Waals surface area contributed by atoms with E-state index in [0.717, 1.165) is 4.31 Å². The van der Waals surface area contributed by atoms with E-state index in [9.17, 15) is 13.5 Å². The topological polar surface area (TPSA) is 76.1 Å². The van der Waals surface area contributed by atoms with Gasteiger partial charge in [0.05, 0.1) is 25.3 Å². The molecular weight excluding hydrogens is 366 g/mol. The van der Waals surface area contributed by atoms with Gasteiger partial charge in [0.15, 0.2) is 11.5 Å². The predicted molar refractivity (Wildman–Crippen MR) is 95.8 cm³/mol. The number of aliphatic hydroxyl groups is 1. The molecule has 0 heterocycles. The van der Waals surface area contributed by atoms with Crippen molar-refractivity contribution in [3.63, 3.8) is 0 Å². The van der Waals surface area contributed by atoms with Crippen LogP contribution in [0.25, 0.3) is 0 Å². The molecule has 1 N–H and O–H groups in total. The Kier molecular flexibility index (Phi) is 6.29. The Morgan fingerprint density at radius 2 is 1.76 bits per heavy atom. The third-order valence-corrected chi connectivity index (χ3v) is 6.07. The van der Waals surface area contributed by atoms with Crippen molar-refractivity contribution >= 4 is 21.6 Å². The molecule has 0 aliphatic heterocycles. The summed E-state index contributed by atoms with van der Waals surface area (Å²) in [6.07, 6.45) is -1.04. The van der Waals surface area contributed by atoms with Gasteiger partial charge in [0.25, 0.3) is 0 Å². The molecule has 0 aromatic heterocycles. The highest BCUT2D eigenvalue weighted by Gasteiger charge is 2.26. The van der Waals surface area contributed by atoms with E-state index < -0.39 is 16.1 Å². The highest BCUT2D eigenvalue weighted by atomic mass is 35.5. The van der Waals surface area contributed by atoms with Gasteiger partial charge >= 0.3 is 0 Å². The number of nitrogens with zero attached hydrogens (tertiary/aromatic N) is 1. The number of rotatable bonds is 7. The smallest absolute Gasteiger partial charge is 0.244 e. The first-order chi connectivity index (χ1) is 11.8. The minimum Gasteiger partial charge on any atom is -0.493 e. The van der Waals surface area contributed by atoms with E-state index in [1.807, 2.05) is 0 Å². The van der Waals surface area contributed by atoms with E-state index in [2.05, 4.69) is 0 Å². The third kappa shape index (κ3) is 4.24. The van der Waals surface area contributed by atoms with Crippen molar-refractivity contribution in [1.29, 1.82) is 0 Å². The minimum absolute atomic E-state index is 0.00122. The predicted octanol–water partition coefficient (Wildman–Crippen LogP) is 2.71. The summed E-state index contributed by atoms with van der Waals surface area (Å²) in [7, 11) is 0.576. The highest BCUT2D eigenvalue weighted by molar-refractivity contribution is 7.89. The van der Waals surface area contributed by atoms with Crippen LogP contribution in [0.4, 0.5) is 0 Å². The number of benzene rings is 2. The molecule has 0 aliphatic rings. The maximum atomic E-state index is 12.6. The number of sulfonamides is 1. The molecule has 2 rings (SSSR count). The van der Waals surface area contributed by atoms with E-state index in [1.165, 1.54) is 33.4 Å². The monoisotopic (exact) mass is 385 g/mol. The van der Waals surface area contributed by atoms with Gasteiger partial charge in [-0.15, -0.1) is 0 Å². The van der Waals surface area contributed by atoms with Crippen LogP contribution in [0.2, 0.25) is 5.02 Å². The maximum absolute atomic E-state index is 12.6. The quantitative estimate of drug-likeness (QED) is 0.793. The molecule has 2 aromatic rings. The summed E-state index contributed by atoms with van der Waals surface area (Å²) in [6.45, 7) is -0.136. The Morgan fingerprint density at radius 1 is 1.12 bits per heavy atom. The van der Waals surface area contributed by atoms with Crippen molar-refractivity contribution in [2.24, 2.45) is 0 Å². The summed E-state index contributed by atoms with van der Waals surface area (Å²) in [4.78, 5) is -0.00122. The number of hydrogen-bond acceptors (Lipinski definition) is 5. The van der Waals surface area contributed by atoms with Crippen LogP contribution in [0.3, 0.4) is 0 Å². The van der Waals surface area contributed by atoms with Gasteiger partial charge in [-0.3, -0.25) is 0 Å². The average molecular weight is 386 g/mol. The van der Waals surface area contributed by atoms with Gasteiger partial charge in [0, 0.05) is 13.6 Å². The molecule has 0 spiro atoms. The van der Waals surface area contributed by atoms with Crippen molar-refractivity contribution in [1.82, 2.24) is 4.31 Å². The molecule has 136 valence electrons. The second-order valence-electron chi connectivity index (χ2n) is 5.35. The lowest BCUT2D eigenvalue weighted by Crippen LogP contribution is -2.31. The van der Waals surface area contributed by atoms with Crippen molar-refractivity contribution < 1.29 is 23.0 Å². The van der Waals surface area contributed by atoms with Crippen LogP contribution in [0.15, 0.2) is 47.4 Å². The fourth-order valence-corrected chi connectivity index (χ4v) is 4.00. The van der Waals surface area contributed by atoms with Crippen LogP contribution in [-0.2, 0) is 10.0 Å². The first-order valence-electron chi connectivity index (χ1n) is 7.42. The second kappa shape index (κ2) is 8.05. The lowest BCUT2D eigenvalue weighted by atomic mass is 10.1. The van der Waals surface area contributed by atoms with Crippen LogP contribution >= 0.6 is 11.6 Å². The van der Waals surface area contributed by atoms with Gasteiger partial charge in [-0.05, 0) is 29.8 Å². The molecule has 8 heteroatoms. The molecule has 2 aromatic carbocycles. The van der Waals surface area contributed by atoms with Crippen molar-refractivity contribution in [3.05, 3.63) is 53.1 Å².